The molecule has 0 aliphatic carbocycles. The van der Waals surface area contributed by atoms with E-state index in [1.165, 1.54) is 4.90 Å². The molecule has 25 heavy (non-hydrogen) atoms. The van der Waals surface area contributed by atoms with Crippen LogP contribution in [-0.4, -0.2) is 40.1 Å². The van der Waals surface area contributed by atoms with Gasteiger partial charge in [0.05, 0.1) is 12.2 Å². The number of carbonyl (C=O) groups is 2. The van der Waals surface area contributed by atoms with E-state index in [1.807, 2.05) is 25.6 Å². The lowest BCUT2D eigenvalue weighted by molar-refractivity contribution is -0.133. The first kappa shape index (κ1) is 19.0. The molecule has 134 valence electrons. The fraction of sp³-hybridized carbons (Fsp3) is 0.389. The summed E-state index contributed by atoms with van der Waals surface area (Å²) in [5.41, 5.74) is 3.75. The Kier molecular flexibility index (Phi) is 6.20. The standard InChI is InChI=1S/C18H23ClN4O2/c1-12-16(13(2)23(4)21-12)9-10-18(25)22(3)11-17(24)20-15-7-5-14(19)6-8-15/h5-8H,9-11H2,1-4H3,(H,20,24). The smallest absolute Gasteiger partial charge is 0.243 e. The molecule has 0 bridgehead atoms. The van der Waals surface area contributed by atoms with Gasteiger partial charge in [-0.15, -0.1) is 0 Å². The zero-order valence-corrected chi connectivity index (χ0v) is 15.7. The molecule has 6 nitrogen and oxygen atoms in total. The normalized spacial score (nSPS) is 10.6. The number of nitrogens with zero attached hydrogens (tertiary/aromatic N) is 3. The van der Waals surface area contributed by atoms with Crippen LogP contribution in [0.5, 0.6) is 0 Å². The van der Waals surface area contributed by atoms with E-state index >= 15 is 0 Å². The van der Waals surface area contributed by atoms with Crippen LogP contribution in [0.3, 0.4) is 0 Å². The average Bonchev–Trinajstić information content (AvgIpc) is 2.80. The van der Waals surface area contributed by atoms with Crippen molar-refractivity contribution in [2.24, 2.45) is 7.05 Å². The Morgan fingerprint density at radius 2 is 1.88 bits per heavy atom. The van der Waals surface area contributed by atoms with Crippen LogP contribution in [0.1, 0.15) is 23.4 Å². The summed E-state index contributed by atoms with van der Waals surface area (Å²) in [7, 11) is 3.52. The van der Waals surface area contributed by atoms with E-state index in [0.717, 1.165) is 17.0 Å². The molecule has 7 heteroatoms. The van der Waals surface area contributed by atoms with Crippen molar-refractivity contribution in [2.75, 3.05) is 18.9 Å². The van der Waals surface area contributed by atoms with Crippen molar-refractivity contribution < 1.29 is 9.59 Å². The maximum Gasteiger partial charge on any atom is 0.243 e. The molecule has 0 radical (unpaired) electrons. The summed E-state index contributed by atoms with van der Waals surface area (Å²) in [5.74, 6) is -0.319. The van der Waals surface area contributed by atoms with Crippen molar-refractivity contribution in [2.45, 2.75) is 26.7 Å². The molecule has 0 saturated carbocycles. The minimum Gasteiger partial charge on any atom is -0.336 e. The third kappa shape index (κ3) is 5.06. The number of likely N-dealkylation sites (N-methyl/N-ethyl adjacent to an activating group) is 1. The zero-order valence-electron chi connectivity index (χ0n) is 15.0. The van der Waals surface area contributed by atoms with E-state index in [-0.39, 0.29) is 18.4 Å². The quantitative estimate of drug-likeness (QED) is 0.859. The van der Waals surface area contributed by atoms with Gasteiger partial charge in [-0.3, -0.25) is 14.3 Å². The third-order valence-corrected chi connectivity index (χ3v) is 4.43. The van der Waals surface area contributed by atoms with Crippen LogP contribution in [0.15, 0.2) is 24.3 Å². The lowest BCUT2D eigenvalue weighted by Gasteiger charge is -2.17. The van der Waals surface area contributed by atoms with Gasteiger partial charge in [0.2, 0.25) is 11.8 Å². The van der Waals surface area contributed by atoms with E-state index in [1.54, 1.807) is 31.3 Å². The molecule has 2 amide bonds. The summed E-state index contributed by atoms with van der Waals surface area (Å²) >= 11 is 5.81. The van der Waals surface area contributed by atoms with Gasteiger partial charge in [-0.05, 0) is 50.1 Å². The topological polar surface area (TPSA) is 67.2 Å². The second kappa shape index (κ2) is 8.16. The van der Waals surface area contributed by atoms with Gasteiger partial charge in [0.1, 0.15) is 0 Å². The molecule has 1 aromatic carbocycles. The number of anilines is 1. The van der Waals surface area contributed by atoms with Gasteiger partial charge in [0.25, 0.3) is 0 Å². The second-order valence-corrected chi connectivity index (χ2v) is 6.51. The third-order valence-electron chi connectivity index (χ3n) is 4.18. The van der Waals surface area contributed by atoms with E-state index in [0.29, 0.717) is 23.6 Å². The summed E-state index contributed by atoms with van der Waals surface area (Å²) in [6, 6.07) is 6.83. The molecule has 1 aromatic heterocycles. The largest absolute Gasteiger partial charge is 0.336 e. The molecule has 0 aliphatic heterocycles. The first-order valence-corrected chi connectivity index (χ1v) is 8.44. The lowest BCUT2D eigenvalue weighted by Crippen LogP contribution is -2.35. The Morgan fingerprint density at radius 1 is 1.24 bits per heavy atom. The van der Waals surface area contributed by atoms with Crippen molar-refractivity contribution in [3.63, 3.8) is 0 Å². The molecule has 1 N–H and O–H groups in total. The number of aryl methyl sites for hydroxylation is 2. The molecule has 2 aromatic rings. The van der Waals surface area contributed by atoms with Crippen LogP contribution in [-0.2, 0) is 23.1 Å². The molecule has 2 rings (SSSR count). The molecule has 0 spiro atoms. The van der Waals surface area contributed by atoms with E-state index in [4.69, 9.17) is 11.6 Å². The fourth-order valence-corrected chi connectivity index (χ4v) is 2.77. The molecule has 1 heterocycles. The number of rotatable bonds is 6. The zero-order chi connectivity index (χ0) is 18.6. The monoisotopic (exact) mass is 362 g/mol. The Bertz CT molecular complexity index is 768. The summed E-state index contributed by atoms with van der Waals surface area (Å²) in [6.45, 7) is 3.94. The maximum atomic E-state index is 12.3. The fourth-order valence-electron chi connectivity index (χ4n) is 2.64. The molecular formula is C18H23ClN4O2. The Morgan fingerprint density at radius 3 is 2.44 bits per heavy atom. The summed E-state index contributed by atoms with van der Waals surface area (Å²) in [4.78, 5) is 25.8. The average molecular weight is 363 g/mol. The van der Waals surface area contributed by atoms with Gasteiger partial charge in [-0.25, -0.2) is 0 Å². The van der Waals surface area contributed by atoms with Crippen LogP contribution in [0.25, 0.3) is 0 Å². The number of benzene rings is 1. The Hall–Kier alpha value is -2.34. The summed E-state index contributed by atoms with van der Waals surface area (Å²) in [6.07, 6.45) is 0.964. The molecular weight excluding hydrogens is 340 g/mol. The summed E-state index contributed by atoms with van der Waals surface area (Å²) in [5, 5.41) is 7.70. The lowest BCUT2D eigenvalue weighted by atomic mass is 10.1. The SMILES string of the molecule is Cc1nn(C)c(C)c1CCC(=O)N(C)CC(=O)Nc1ccc(Cl)cc1. The van der Waals surface area contributed by atoms with Crippen LogP contribution in [0.2, 0.25) is 5.02 Å². The van der Waals surface area contributed by atoms with Gasteiger partial charge in [-0.2, -0.15) is 5.10 Å². The predicted molar refractivity (Wildman–Crippen MR) is 98.7 cm³/mol. The second-order valence-electron chi connectivity index (χ2n) is 6.08. The number of amides is 2. The molecule has 0 aliphatic rings. The van der Waals surface area contributed by atoms with Gasteiger partial charge < -0.3 is 10.2 Å². The van der Waals surface area contributed by atoms with Gasteiger partial charge in [0, 0.05) is 36.9 Å². The number of nitrogens with one attached hydrogen (secondary N) is 1. The number of aromatic nitrogens is 2. The highest BCUT2D eigenvalue weighted by atomic mass is 35.5. The number of halogens is 1. The first-order valence-electron chi connectivity index (χ1n) is 8.06. The van der Waals surface area contributed by atoms with E-state index < -0.39 is 0 Å². The molecule has 0 atom stereocenters. The van der Waals surface area contributed by atoms with Gasteiger partial charge in [-0.1, -0.05) is 11.6 Å². The molecule has 0 unspecified atom stereocenters. The predicted octanol–water partition coefficient (Wildman–Crippen LogP) is 2.72. The molecule has 0 saturated heterocycles. The van der Waals surface area contributed by atoms with Crippen LogP contribution in [0, 0.1) is 13.8 Å². The van der Waals surface area contributed by atoms with Crippen LogP contribution >= 0.6 is 11.6 Å². The van der Waals surface area contributed by atoms with Crippen molar-refractivity contribution in [1.82, 2.24) is 14.7 Å². The van der Waals surface area contributed by atoms with Crippen molar-refractivity contribution in [1.29, 1.82) is 0 Å². The van der Waals surface area contributed by atoms with Gasteiger partial charge >= 0.3 is 0 Å². The van der Waals surface area contributed by atoms with Crippen LogP contribution < -0.4 is 5.32 Å². The van der Waals surface area contributed by atoms with Gasteiger partial charge in [0.15, 0.2) is 0 Å². The van der Waals surface area contributed by atoms with Crippen molar-refractivity contribution in [3.8, 4) is 0 Å². The number of hydrogen-bond acceptors (Lipinski definition) is 3. The Balaban J connectivity index is 1.85. The minimum absolute atomic E-state index is 0.00641. The maximum absolute atomic E-state index is 12.3. The highest BCUT2D eigenvalue weighted by Gasteiger charge is 2.16. The highest BCUT2D eigenvalue weighted by molar-refractivity contribution is 6.30. The van der Waals surface area contributed by atoms with Crippen LogP contribution in [0.4, 0.5) is 5.69 Å². The Labute approximate surface area is 152 Å². The summed E-state index contributed by atoms with van der Waals surface area (Å²) < 4.78 is 1.82. The van der Waals surface area contributed by atoms with Crippen molar-refractivity contribution >= 4 is 29.1 Å². The first-order chi connectivity index (χ1) is 11.8. The number of carbonyl (C=O) groups excluding carboxylic acids is 2. The molecule has 0 fully saturated rings. The number of hydrogen-bond donors (Lipinski definition) is 1. The van der Waals surface area contributed by atoms with Crippen molar-refractivity contribution in [3.05, 3.63) is 46.2 Å². The van der Waals surface area contributed by atoms with E-state index in [2.05, 4.69) is 10.4 Å². The van der Waals surface area contributed by atoms with E-state index in [9.17, 15) is 9.59 Å². The highest BCUT2D eigenvalue weighted by Crippen LogP contribution is 2.15. The minimum atomic E-state index is -0.244.